The summed E-state index contributed by atoms with van der Waals surface area (Å²) in [5.74, 6) is 1.38. The van der Waals surface area contributed by atoms with E-state index in [2.05, 4.69) is 35.5 Å². The maximum atomic E-state index is 11.9. The van der Waals surface area contributed by atoms with E-state index in [4.69, 9.17) is 0 Å². The third kappa shape index (κ3) is 5.53. The van der Waals surface area contributed by atoms with Gasteiger partial charge in [0, 0.05) is 44.2 Å². The Morgan fingerprint density at radius 2 is 1.71 bits per heavy atom. The van der Waals surface area contributed by atoms with Gasteiger partial charge in [-0.15, -0.1) is 0 Å². The van der Waals surface area contributed by atoms with E-state index in [1.165, 1.54) is 45.4 Å². The number of likely N-dealkylation sites (tertiary alicyclic amines) is 1. The molecule has 0 saturated carbocycles. The van der Waals surface area contributed by atoms with Crippen molar-refractivity contribution in [1.82, 2.24) is 14.7 Å². The van der Waals surface area contributed by atoms with Gasteiger partial charge in [0.1, 0.15) is 5.78 Å². The Kier molecular flexibility index (Phi) is 7.70. The van der Waals surface area contributed by atoms with Crippen molar-refractivity contribution < 1.29 is 4.79 Å². The van der Waals surface area contributed by atoms with Crippen molar-refractivity contribution in [3.05, 3.63) is 0 Å². The molecule has 2 atom stereocenters. The highest BCUT2D eigenvalue weighted by Gasteiger charge is 2.29. The molecule has 0 N–H and O–H groups in total. The van der Waals surface area contributed by atoms with Crippen molar-refractivity contribution in [2.45, 2.75) is 66.0 Å². The summed E-state index contributed by atoms with van der Waals surface area (Å²) in [6.07, 6.45) is 3.76. The Bertz CT molecular complexity index is 390. The number of carbonyl (C=O) groups is 1. The molecule has 0 aromatic rings. The fraction of sp³-hybridized carbons (Fsp3) is 0.950. The summed E-state index contributed by atoms with van der Waals surface area (Å²) in [5, 5.41) is 0. The van der Waals surface area contributed by atoms with Crippen molar-refractivity contribution >= 4 is 5.78 Å². The number of Topliss-reactive ketones (excluding diaryl/α,β-unsaturated/α-hetero) is 1. The standard InChI is InChI=1S/C20H39N3O/c1-6-17(4)23-12-11-22(13-18(23)5)14-19-7-9-21(10-8-19)15-20(24)16(2)3/h16-19H,6-15H2,1-5H3. The molecule has 2 aliphatic rings. The average molecular weight is 338 g/mol. The number of hydrogen-bond donors (Lipinski definition) is 0. The fourth-order valence-electron chi connectivity index (χ4n) is 4.20. The van der Waals surface area contributed by atoms with Gasteiger partial charge >= 0.3 is 0 Å². The minimum absolute atomic E-state index is 0.172. The molecule has 4 heteroatoms. The molecule has 0 amide bonds. The van der Waals surface area contributed by atoms with Crippen LogP contribution in [0.2, 0.25) is 0 Å². The highest BCUT2D eigenvalue weighted by molar-refractivity contribution is 5.82. The van der Waals surface area contributed by atoms with E-state index in [-0.39, 0.29) is 5.92 Å². The first kappa shape index (κ1) is 19.9. The Hall–Kier alpha value is -0.450. The Balaban J connectivity index is 1.70. The molecule has 0 bridgehead atoms. The highest BCUT2D eigenvalue weighted by Crippen LogP contribution is 2.21. The summed E-state index contributed by atoms with van der Waals surface area (Å²) in [4.78, 5) is 19.6. The van der Waals surface area contributed by atoms with Crippen LogP contribution in [-0.2, 0) is 4.79 Å². The van der Waals surface area contributed by atoms with Crippen LogP contribution < -0.4 is 0 Å². The summed E-state index contributed by atoms with van der Waals surface area (Å²) in [7, 11) is 0. The first-order valence-corrected chi connectivity index (χ1v) is 10.1. The summed E-state index contributed by atoms with van der Waals surface area (Å²) in [6.45, 7) is 18.8. The summed E-state index contributed by atoms with van der Waals surface area (Å²) >= 11 is 0. The van der Waals surface area contributed by atoms with Gasteiger partial charge in [0.05, 0.1) is 6.54 Å². The van der Waals surface area contributed by atoms with Crippen LogP contribution in [0.1, 0.15) is 53.9 Å². The number of hydrogen-bond acceptors (Lipinski definition) is 4. The topological polar surface area (TPSA) is 26.8 Å². The van der Waals surface area contributed by atoms with Crippen LogP contribution in [0, 0.1) is 11.8 Å². The molecule has 140 valence electrons. The second kappa shape index (κ2) is 9.30. The second-order valence-electron chi connectivity index (χ2n) is 8.44. The van der Waals surface area contributed by atoms with Crippen LogP contribution in [0.3, 0.4) is 0 Å². The van der Waals surface area contributed by atoms with E-state index >= 15 is 0 Å². The molecule has 4 nitrogen and oxygen atoms in total. The molecule has 0 aromatic heterocycles. The van der Waals surface area contributed by atoms with Crippen LogP contribution in [0.25, 0.3) is 0 Å². The lowest BCUT2D eigenvalue weighted by molar-refractivity contribution is -0.123. The van der Waals surface area contributed by atoms with Crippen LogP contribution in [0.15, 0.2) is 0 Å². The maximum absolute atomic E-state index is 11.9. The van der Waals surface area contributed by atoms with Crippen LogP contribution >= 0.6 is 0 Å². The van der Waals surface area contributed by atoms with E-state index in [0.29, 0.717) is 24.4 Å². The molecule has 2 heterocycles. The van der Waals surface area contributed by atoms with Crippen molar-refractivity contribution in [2.75, 3.05) is 45.8 Å². The molecule has 2 fully saturated rings. The van der Waals surface area contributed by atoms with E-state index in [1.807, 2.05) is 13.8 Å². The number of piperidine rings is 1. The predicted octanol–water partition coefficient (Wildman–Crippen LogP) is 2.73. The van der Waals surface area contributed by atoms with Gasteiger partial charge in [0.15, 0.2) is 0 Å². The molecule has 2 rings (SSSR count). The number of piperazine rings is 1. The van der Waals surface area contributed by atoms with Crippen molar-refractivity contribution in [2.24, 2.45) is 11.8 Å². The third-order valence-corrected chi connectivity index (χ3v) is 6.17. The van der Waals surface area contributed by atoms with Gasteiger partial charge in [-0.2, -0.15) is 0 Å². The molecule has 2 unspecified atom stereocenters. The first-order chi connectivity index (χ1) is 11.4. The largest absolute Gasteiger partial charge is 0.300 e. The lowest BCUT2D eigenvalue weighted by atomic mass is 9.95. The minimum atomic E-state index is 0.172. The van der Waals surface area contributed by atoms with Gasteiger partial charge in [-0.1, -0.05) is 20.8 Å². The quantitative estimate of drug-likeness (QED) is 0.714. The molecule has 0 aromatic carbocycles. The highest BCUT2D eigenvalue weighted by atomic mass is 16.1. The van der Waals surface area contributed by atoms with E-state index in [1.54, 1.807) is 0 Å². The van der Waals surface area contributed by atoms with Gasteiger partial charge in [0.2, 0.25) is 0 Å². The van der Waals surface area contributed by atoms with Gasteiger partial charge in [-0.05, 0) is 52.1 Å². The van der Waals surface area contributed by atoms with Crippen LogP contribution in [0.5, 0.6) is 0 Å². The van der Waals surface area contributed by atoms with E-state index in [9.17, 15) is 4.79 Å². The number of rotatable bonds is 7. The first-order valence-electron chi connectivity index (χ1n) is 10.1. The number of nitrogens with zero attached hydrogens (tertiary/aromatic N) is 3. The SMILES string of the molecule is CCC(C)N1CCN(CC2CCN(CC(=O)C(C)C)CC2)CC1C. The Morgan fingerprint density at radius 3 is 2.25 bits per heavy atom. The van der Waals surface area contributed by atoms with Crippen molar-refractivity contribution in [3.8, 4) is 0 Å². The molecule has 0 radical (unpaired) electrons. The molecular formula is C20H39N3O. The number of ketones is 1. The van der Waals surface area contributed by atoms with E-state index in [0.717, 1.165) is 19.0 Å². The minimum Gasteiger partial charge on any atom is -0.300 e. The third-order valence-electron chi connectivity index (χ3n) is 6.17. The molecular weight excluding hydrogens is 298 g/mol. The van der Waals surface area contributed by atoms with Crippen molar-refractivity contribution in [1.29, 1.82) is 0 Å². The smallest absolute Gasteiger partial charge is 0.149 e. The Labute approximate surface area is 149 Å². The lowest BCUT2D eigenvalue weighted by Crippen LogP contribution is -2.55. The van der Waals surface area contributed by atoms with Crippen LogP contribution in [0.4, 0.5) is 0 Å². The lowest BCUT2D eigenvalue weighted by Gasteiger charge is -2.44. The van der Waals surface area contributed by atoms with Gasteiger partial charge < -0.3 is 4.90 Å². The maximum Gasteiger partial charge on any atom is 0.149 e. The second-order valence-corrected chi connectivity index (χ2v) is 8.44. The summed E-state index contributed by atoms with van der Waals surface area (Å²) < 4.78 is 0. The molecule has 2 aliphatic heterocycles. The van der Waals surface area contributed by atoms with E-state index < -0.39 is 0 Å². The monoisotopic (exact) mass is 337 g/mol. The molecule has 2 saturated heterocycles. The van der Waals surface area contributed by atoms with Gasteiger partial charge in [-0.3, -0.25) is 14.6 Å². The molecule has 0 spiro atoms. The molecule has 0 aliphatic carbocycles. The predicted molar refractivity (Wildman–Crippen MR) is 101 cm³/mol. The average Bonchev–Trinajstić information content (AvgIpc) is 2.56. The fourth-order valence-corrected chi connectivity index (χ4v) is 4.20. The van der Waals surface area contributed by atoms with Gasteiger partial charge in [0.25, 0.3) is 0 Å². The van der Waals surface area contributed by atoms with Crippen molar-refractivity contribution in [3.63, 3.8) is 0 Å². The summed E-state index contributed by atoms with van der Waals surface area (Å²) in [6, 6.07) is 1.39. The zero-order chi connectivity index (χ0) is 17.7. The van der Waals surface area contributed by atoms with Crippen LogP contribution in [-0.4, -0.2) is 78.4 Å². The number of carbonyl (C=O) groups excluding carboxylic acids is 1. The molecule has 24 heavy (non-hydrogen) atoms. The zero-order valence-corrected chi connectivity index (χ0v) is 16.6. The zero-order valence-electron chi connectivity index (χ0n) is 16.6. The summed E-state index contributed by atoms with van der Waals surface area (Å²) in [5.41, 5.74) is 0. The normalized spacial score (nSPS) is 26.8. The van der Waals surface area contributed by atoms with Gasteiger partial charge in [-0.25, -0.2) is 0 Å². The Morgan fingerprint density at radius 1 is 1.04 bits per heavy atom.